The minimum absolute atomic E-state index is 0.00459. The summed E-state index contributed by atoms with van der Waals surface area (Å²) in [4.78, 5) is 60.1. The minimum Gasteiger partial charge on any atom is -0.507 e. The third-order valence-corrected chi connectivity index (χ3v) is 6.00. The van der Waals surface area contributed by atoms with Crippen molar-refractivity contribution in [3.8, 4) is 11.5 Å². The molecule has 41 heavy (non-hydrogen) atoms. The number of aromatic hydroxyl groups is 1. The van der Waals surface area contributed by atoms with Gasteiger partial charge < -0.3 is 33.5 Å². The summed E-state index contributed by atoms with van der Waals surface area (Å²) < 4.78 is 32.8. The number of rotatable bonds is 10. The fraction of sp³-hybridized carbons (Fsp3) is 0.393. The zero-order valence-electron chi connectivity index (χ0n) is 22.7. The normalized spacial score (nSPS) is 21.7. The van der Waals surface area contributed by atoms with Crippen molar-refractivity contribution in [2.75, 3.05) is 6.61 Å². The molecule has 2 aromatic rings. The van der Waals surface area contributed by atoms with Crippen molar-refractivity contribution in [2.45, 2.75) is 64.8 Å². The average molecular weight is 593 g/mol. The van der Waals surface area contributed by atoms with Gasteiger partial charge in [0.05, 0.1) is 5.56 Å². The molecular formula is C28H29ClO12. The highest BCUT2D eigenvalue weighted by Gasteiger charge is 2.53. The van der Waals surface area contributed by atoms with Crippen LogP contribution < -0.4 is 4.74 Å². The van der Waals surface area contributed by atoms with Gasteiger partial charge >= 0.3 is 23.9 Å². The lowest BCUT2D eigenvalue weighted by Crippen LogP contribution is -2.63. The van der Waals surface area contributed by atoms with E-state index in [9.17, 15) is 29.1 Å². The Morgan fingerprint density at radius 1 is 0.805 bits per heavy atom. The van der Waals surface area contributed by atoms with E-state index >= 15 is 0 Å². The highest BCUT2D eigenvalue weighted by Crippen LogP contribution is 2.33. The Balaban J connectivity index is 1.90. The summed E-state index contributed by atoms with van der Waals surface area (Å²) in [5.74, 6) is -3.80. The van der Waals surface area contributed by atoms with Crippen molar-refractivity contribution >= 4 is 41.3 Å². The van der Waals surface area contributed by atoms with Crippen molar-refractivity contribution in [3.05, 3.63) is 58.6 Å². The van der Waals surface area contributed by atoms with Gasteiger partial charge in [0.1, 0.15) is 24.2 Å². The molecule has 1 heterocycles. The highest BCUT2D eigenvalue weighted by atomic mass is 35.5. The zero-order chi connectivity index (χ0) is 30.3. The van der Waals surface area contributed by atoms with E-state index in [4.69, 9.17) is 40.0 Å². The van der Waals surface area contributed by atoms with Gasteiger partial charge in [0, 0.05) is 45.2 Å². The quantitative estimate of drug-likeness (QED) is 0.244. The van der Waals surface area contributed by atoms with Crippen LogP contribution in [-0.4, -0.2) is 72.1 Å². The van der Waals surface area contributed by atoms with Gasteiger partial charge in [-0.3, -0.25) is 24.0 Å². The molecule has 220 valence electrons. The smallest absolute Gasteiger partial charge is 0.303 e. The number of hydrogen-bond acceptors (Lipinski definition) is 12. The van der Waals surface area contributed by atoms with Crippen LogP contribution in [0.4, 0.5) is 0 Å². The maximum absolute atomic E-state index is 12.8. The number of carbonyl (C=O) groups is 5. The van der Waals surface area contributed by atoms with Gasteiger partial charge in [0.2, 0.25) is 12.4 Å². The Bertz CT molecular complexity index is 1290. The first-order valence-corrected chi connectivity index (χ1v) is 12.8. The van der Waals surface area contributed by atoms with Crippen LogP contribution >= 0.6 is 11.6 Å². The molecule has 0 saturated carbocycles. The van der Waals surface area contributed by atoms with Crippen LogP contribution in [0.5, 0.6) is 11.5 Å². The van der Waals surface area contributed by atoms with Crippen LogP contribution in [-0.2, 0) is 49.3 Å². The topological polar surface area (TPSA) is 161 Å². The molecule has 0 radical (unpaired) electrons. The van der Waals surface area contributed by atoms with Gasteiger partial charge in [0.25, 0.3) is 0 Å². The molecule has 0 aromatic heterocycles. The summed E-state index contributed by atoms with van der Waals surface area (Å²) in [7, 11) is 0. The highest BCUT2D eigenvalue weighted by molar-refractivity contribution is 6.30. The average Bonchev–Trinajstić information content (AvgIpc) is 2.87. The number of phenols is 1. The van der Waals surface area contributed by atoms with Gasteiger partial charge in [-0.15, -0.1) is 0 Å². The molecular weight excluding hydrogens is 564 g/mol. The molecule has 0 spiro atoms. The van der Waals surface area contributed by atoms with E-state index in [1.54, 1.807) is 24.3 Å². The number of benzene rings is 2. The van der Waals surface area contributed by atoms with E-state index in [0.29, 0.717) is 10.6 Å². The van der Waals surface area contributed by atoms with E-state index in [2.05, 4.69) is 0 Å². The first-order chi connectivity index (χ1) is 19.3. The summed E-state index contributed by atoms with van der Waals surface area (Å²) >= 11 is 5.89. The molecule has 0 unspecified atom stereocenters. The molecule has 1 saturated heterocycles. The molecule has 0 bridgehead atoms. The summed E-state index contributed by atoms with van der Waals surface area (Å²) in [5.41, 5.74) is 0.713. The maximum atomic E-state index is 12.8. The first kappa shape index (κ1) is 31.4. The molecule has 5 atom stereocenters. The Labute approximate surface area is 240 Å². The number of Topliss-reactive ketones (excluding diaryl/α,β-unsaturated/α-hetero) is 1. The molecule has 1 N–H and O–H groups in total. The number of halogens is 1. The van der Waals surface area contributed by atoms with Crippen LogP contribution in [0.3, 0.4) is 0 Å². The van der Waals surface area contributed by atoms with E-state index in [0.717, 1.165) is 33.8 Å². The van der Waals surface area contributed by atoms with Crippen molar-refractivity contribution < 1.29 is 57.5 Å². The van der Waals surface area contributed by atoms with E-state index in [-0.39, 0.29) is 23.5 Å². The number of ether oxygens (including phenoxy) is 6. The molecule has 1 aliphatic rings. The lowest BCUT2D eigenvalue weighted by molar-refractivity contribution is -0.288. The van der Waals surface area contributed by atoms with Crippen LogP contribution in [0.2, 0.25) is 5.02 Å². The SMILES string of the molecule is CC(=O)OC[C@H]1O[C@@H](Oc2ccc(C(=O)Cc3ccc(Cl)cc3)c(O)c2)[C@H](OC(C)=O)[C@@H](OC(C)=O)[C@@H]1OC(C)=O. The molecule has 0 aliphatic carbocycles. The van der Waals surface area contributed by atoms with Crippen LogP contribution in [0.25, 0.3) is 0 Å². The fourth-order valence-corrected chi connectivity index (χ4v) is 4.25. The van der Waals surface area contributed by atoms with Crippen LogP contribution in [0.15, 0.2) is 42.5 Å². The van der Waals surface area contributed by atoms with Gasteiger partial charge in [-0.1, -0.05) is 23.7 Å². The standard InChI is InChI=1S/C28H29ClO12/c1-14(30)36-13-24-25(37-15(2)31)26(38-16(3)32)27(39-17(4)33)28(41-24)40-20-9-10-21(23(35)12-20)22(34)11-18-5-7-19(29)8-6-18/h5-10,12,24-28,35H,11,13H2,1-4H3/t24-,25-,26+,27-,28-/m1/s1. The zero-order valence-corrected chi connectivity index (χ0v) is 23.4. The van der Waals surface area contributed by atoms with Crippen molar-refractivity contribution in [2.24, 2.45) is 0 Å². The van der Waals surface area contributed by atoms with Gasteiger partial charge in [-0.25, -0.2) is 0 Å². The van der Waals surface area contributed by atoms with Crippen molar-refractivity contribution in [1.82, 2.24) is 0 Å². The number of esters is 4. The predicted octanol–water partition coefficient (Wildman–Crippen LogP) is 2.93. The third kappa shape index (κ3) is 8.92. The third-order valence-electron chi connectivity index (χ3n) is 5.75. The van der Waals surface area contributed by atoms with Gasteiger partial charge in [0.15, 0.2) is 18.0 Å². The second kappa shape index (κ2) is 14.0. The van der Waals surface area contributed by atoms with Gasteiger partial charge in [-0.05, 0) is 29.8 Å². The van der Waals surface area contributed by atoms with Crippen LogP contribution in [0, 0.1) is 0 Å². The van der Waals surface area contributed by atoms with E-state index < -0.39 is 66.9 Å². The molecule has 12 nitrogen and oxygen atoms in total. The number of hydrogen-bond donors (Lipinski definition) is 1. The van der Waals surface area contributed by atoms with E-state index in [1.807, 2.05) is 0 Å². The first-order valence-electron chi connectivity index (χ1n) is 12.4. The Morgan fingerprint density at radius 3 is 1.95 bits per heavy atom. The second-order valence-electron chi connectivity index (χ2n) is 9.09. The van der Waals surface area contributed by atoms with Crippen LogP contribution in [0.1, 0.15) is 43.6 Å². The lowest BCUT2D eigenvalue weighted by Gasteiger charge is -2.43. The lowest BCUT2D eigenvalue weighted by atomic mass is 9.98. The minimum atomic E-state index is -1.49. The van der Waals surface area contributed by atoms with Crippen molar-refractivity contribution in [1.29, 1.82) is 0 Å². The summed E-state index contributed by atoms with van der Waals surface area (Å²) in [6.07, 6.45) is -6.93. The summed E-state index contributed by atoms with van der Waals surface area (Å²) in [6.45, 7) is 4.03. The molecule has 13 heteroatoms. The molecule has 1 aliphatic heterocycles. The number of ketones is 1. The largest absolute Gasteiger partial charge is 0.507 e. The maximum Gasteiger partial charge on any atom is 0.303 e. The Hall–Kier alpha value is -4.16. The van der Waals surface area contributed by atoms with Gasteiger partial charge in [-0.2, -0.15) is 0 Å². The monoisotopic (exact) mass is 592 g/mol. The Morgan fingerprint density at radius 2 is 1.39 bits per heavy atom. The summed E-state index contributed by atoms with van der Waals surface area (Å²) in [5, 5.41) is 11.1. The second-order valence-corrected chi connectivity index (χ2v) is 9.53. The van der Waals surface area contributed by atoms with E-state index in [1.165, 1.54) is 12.1 Å². The predicted molar refractivity (Wildman–Crippen MR) is 140 cm³/mol. The Kier molecular flexibility index (Phi) is 10.7. The summed E-state index contributed by atoms with van der Waals surface area (Å²) in [6, 6.07) is 10.6. The number of carbonyl (C=O) groups excluding carboxylic acids is 5. The molecule has 3 rings (SSSR count). The molecule has 2 aromatic carbocycles. The van der Waals surface area contributed by atoms with Crippen molar-refractivity contribution in [3.63, 3.8) is 0 Å². The molecule has 1 fully saturated rings. The fourth-order valence-electron chi connectivity index (χ4n) is 4.12. The molecule has 0 amide bonds. The number of phenolic OH excluding ortho intramolecular Hbond substituents is 1.